The lowest BCUT2D eigenvalue weighted by Gasteiger charge is -2.41. The molecule has 0 spiro atoms. The van der Waals surface area contributed by atoms with Crippen LogP contribution in [-0.4, -0.2) is 58.7 Å². The first-order chi connectivity index (χ1) is 11.8. The number of aromatic nitrogens is 1. The molecule has 4 heteroatoms. The van der Waals surface area contributed by atoms with E-state index in [1.807, 2.05) is 18.3 Å². The first-order valence-corrected chi connectivity index (χ1v) is 8.86. The van der Waals surface area contributed by atoms with Crippen molar-refractivity contribution in [2.75, 3.05) is 32.8 Å². The third kappa shape index (κ3) is 4.87. The van der Waals surface area contributed by atoms with Crippen molar-refractivity contribution in [3.05, 3.63) is 66.0 Å². The Morgan fingerprint density at radius 2 is 1.88 bits per heavy atom. The second-order valence-electron chi connectivity index (χ2n) is 6.49. The van der Waals surface area contributed by atoms with Crippen molar-refractivity contribution in [3.8, 4) is 0 Å². The molecule has 0 bridgehead atoms. The minimum atomic E-state index is 0.254. The summed E-state index contributed by atoms with van der Waals surface area (Å²) in [5.41, 5.74) is 2.51. The van der Waals surface area contributed by atoms with E-state index >= 15 is 0 Å². The molecule has 1 atom stereocenters. The van der Waals surface area contributed by atoms with Crippen LogP contribution in [0.5, 0.6) is 0 Å². The Morgan fingerprint density at radius 1 is 1.04 bits per heavy atom. The van der Waals surface area contributed by atoms with Gasteiger partial charge in [0.1, 0.15) is 0 Å². The summed E-state index contributed by atoms with van der Waals surface area (Å²) in [6.45, 7) is 5.34. The molecule has 2 aromatic rings. The van der Waals surface area contributed by atoms with Crippen molar-refractivity contribution < 1.29 is 5.11 Å². The summed E-state index contributed by atoms with van der Waals surface area (Å²) in [6, 6.07) is 17.2. The number of benzene rings is 1. The average Bonchev–Trinajstić information content (AvgIpc) is 2.63. The van der Waals surface area contributed by atoms with Gasteiger partial charge in [-0.1, -0.05) is 36.4 Å². The summed E-state index contributed by atoms with van der Waals surface area (Å²) in [5, 5.41) is 9.44. The Labute approximate surface area is 144 Å². The Morgan fingerprint density at radius 3 is 2.62 bits per heavy atom. The van der Waals surface area contributed by atoms with Gasteiger partial charge in [0.15, 0.2) is 0 Å². The van der Waals surface area contributed by atoms with E-state index in [0.29, 0.717) is 6.04 Å². The molecule has 0 aliphatic carbocycles. The molecule has 0 radical (unpaired) electrons. The van der Waals surface area contributed by atoms with Gasteiger partial charge in [0.05, 0.1) is 5.69 Å². The van der Waals surface area contributed by atoms with Gasteiger partial charge in [0, 0.05) is 51.6 Å². The second kappa shape index (κ2) is 8.92. The van der Waals surface area contributed by atoms with Gasteiger partial charge in [-0.15, -0.1) is 0 Å². The van der Waals surface area contributed by atoms with Gasteiger partial charge in [-0.3, -0.25) is 14.8 Å². The van der Waals surface area contributed by atoms with Gasteiger partial charge in [-0.25, -0.2) is 0 Å². The molecular weight excluding hydrogens is 298 g/mol. The smallest absolute Gasteiger partial charge is 0.0543 e. The van der Waals surface area contributed by atoms with Crippen molar-refractivity contribution in [2.45, 2.75) is 25.4 Å². The van der Waals surface area contributed by atoms with Gasteiger partial charge >= 0.3 is 0 Å². The molecule has 1 aliphatic rings. The van der Waals surface area contributed by atoms with Crippen LogP contribution in [0.15, 0.2) is 54.7 Å². The highest BCUT2D eigenvalue weighted by molar-refractivity contribution is 5.15. The summed E-state index contributed by atoms with van der Waals surface area (Å²) in [5.74, 6) is 0. The van der Waals surface area contributed by atoms with Crippen LogP contribution < -0.4 is 0 Å². The summed E-state index contributed by atoms with van der Waals surface area (Å²) in [4.78, 5) is 9.43. The fourth-order valence-electron chi connectivity index (χ4n) is 3.46. The first-order valence-electron chi connectivity index (χ1n) is 8.86. The van der Waals surface area contributed by atoms with Gasteiger partial charge < -0.3 is 5.11 Å². The first kappa shape index (κ1) is 17.1. The number of nitrogens with zero attached hydrogens (tertiary/aromatic N) is 3. The van der Waals surface area contributed by atoms with Gasteiger partial charge in [-0.2, -0.15) is 0 Å². The summed E-state index contributed by atoms with van der Waals surface area (Å²) in [7, 11) is 0. The number of aliphatic hydroxyl groups is 1. The number of hydrogen-bond donors (Lipinski definition) is 1. The molecule has 128 valence electrons. The van der Waals surface area contributed by atoms with E-state index in [0.717, 1.165) is 51.3 Å². The highest BCUT2D eigenvalue weighted by atomic mass is 16.3. The monoisotopic (exact) mass is 325 g/mol. The molecule has 2 heterocycles. The largest absolute Gasteiger partial charge is 0.396 e. The molecule has 1 saturated heterocycles. The van der Waals surface area contributed by atoms with Crippen LogP contribution in [0.3, 0.4) is 0 Å². The molecule has 1 aromatic carbocycles. The average molecular weight is 325 g/mol. The molecule has 0 unspecified atom stereocenters. The van der Waals surface area contributed by atoms with Crippen molar-refractivity contribution in [3.63, 3.8) is 0 Å². The standard InChI is InChI=1S/C20H27N3O/c24-15-10-20-17-22(16-19-8-4-5-11-21-19)13-14-23(20)12-9-18-6-2-1-3-7-18/h1-8,11,20,24H,9-10,12-17H2/t20-/m0/s1. The predicted octanol–water partition coefficient (Wildman–Crippen LogP) is 2.19. The number of hydrogen-bond acceptors (Lipinski definition) is 4. The highest BCUT2D eigenvalue weighted by Crippen LogP contribution is 2.16. The van der Waals surface area contributed by atoms with Gasteiger partial charge in [0.25, 0.3) is 0 Å². The lowest BCUT2D eigenvalue weighted by atomic mass is 10.1. The fourth-order valence-corrected chi connectivity index (χ4v) is 3.46. The second-order valence-corrected chi connectivity index (χ2v) is 6.49. The number of pyridine rings is 1. The van der Waals surface area contributed by atoms with Crippen LogP contribution >= 0.6 is 0 Å². The molecule has 4 nitrogen and oxygen atoms in total. The quantitative estimate of drug-likeness (QED) is 0.847. The number of piperazine rings is 1. The highest BCUT2D eigenvalue weighted by Gasteiger charge is 2.26. The maximum Gasteiger partial charge on any atom is 0.0543 e. The Hall–Kier alpha value is -1.75. The molecule has 0 amide bonds. The van der Waals surface area contributed by atoms with Crippen molar-refractivity contribution in [1.29, 1.82) is 0 Å². The van der Waals surface area contributed by atoms with Crippen LogP contribution in [0.4, 0.5) is 0 Å². The van der Waals surface area contributed by atoms with Crippen LogP contribution in [-0.2, 0) is 13.0 Å². The van der Waals surface area contributed by atoms with Crippen molar-refractivity contribution >= 4 is 0 Å². The van der Waals surface area contributed by atoms with E-state index in [1.54, 1.807) is 0 Å². The van der Waals surface area contributed by atoms with Gasteiger partial charge in [-0.05, 0) is 30.5 Å². The van der Waals surface area contributed by atoms with E-state index in [4.69, 9.17) is 0 Å². The zero-order chi connectivity index (χ0) is 16.6. The van der Waals surface area contributed by atoms with Crippen molar-refractivity contribution in [2.24, 2.45) is 0 Å². The molecular formula is C20H27N3O. The summed E-state index contributed by atoms with van der Waals surface area (Å²) >= 11 is 0. The Bertz CT molecular complexity index is 590. The normalized spacial score (nSPS) is 19.5. The van der Waals surface area contributed by atoms with E-state index < -0.39 is 0 Å². The maximum atomic E-state index is 9.44. The minimum absolute atomic E-state index is 0.254. The molecule has 0 saturated carbocycles. The lowest BCUT2D eigenvalue weighted by Crippen LogP contribution is -2.53. The number of rotatable bonds is 7. The predicted molar refractivity (Wildman–Crippen MR) is 96.7 cm³/mol. The lowest BCUT2D eigenvalue weighted by molar-refractivity contribution is 0.0556. The minimum Gasteiger partial charge on any atom is -0.396 e. The van der Waals surface area contributed by atoms with Crippen molar-refractivity contribution in [1.82, 2.24) is 14.8 Å². The third-order valence-electron chi connectivity index (χ3n) is 4.79. The maximum absolute atomic E-state index is 9.44. The Kier molecular flexibility index (Phi) is 6.35. The number of aliphatic hydroxyl groups excluding tert-OH is 1. The van der Waals surface area contributed by atoms with Crippen LogP contribution in [0, 0.1) is 0 Å². The van der Waals surface area contributed by atoms with E-state index in [9.17, 15) is 5.11 Å². The molecule has 1 aliphatic heterocycles. The molecule has 1 fully saturated rings. The molecule has 1 N–H and O–H groups in total. The molecule has 1 aromatic heterocycles. The summed E-state index contributed by atoms with van der Waals surface area (Å²) in [6.07, 6.45) is 3.77. The Balaban J connectivity index is 1.55. The fraction of sp³-hybridized carbons (Fsp3) is 0.450. The molecule has 24 heavy (non-hydrogen) atoms. The molecule has 3 rings (SSSR count). The van der Waals surface area contributed by atoms with E-state index in [1.165, 1.54) is 5.56 Å². The van der Waals surface area contributed by atoms with Gasteiger partial charge in [0.2, 0.25) is 0 Å². The van der Waals surface area contributed by atoms with Crippen LogP contribution in [0.25, 0.3) is 0 Å². The summed E-state index contributed by atoms with van der Waals surface area (Å²) < 4.78 is 0. The van der Waals surface area contributed by atoms with Crippen LogP contribution in [0.2, 0.25) is 0 Å². The SMILES string of the molecule is OCC[C@H]1CN(Cc2ccccn2)CCN1CCc1ccccc1. The van der Waals surface area contributed by atoms with E-state index in [-0.39, 0.29) is 6.61 Å². The van der Waals surface area contributed by atoms with E-state index in [2.05, 4.69) is 51.2 Å². The van der Waals surface area contributed by atoms with Crippen LogP contribution in [0.1, 0.15) is 17.7 Å². The zero-order valence-corrected chi connectivity index (χ0v) is 14.2. The topological polar surface area (TPSA) is 39.6 Å². The third-order valence-corrected chi connectivity index (χ3v) is 4.79. The zero-order valence-electron chi connectivity index (χ0n) is 14.2.